The van der Waals surface area contributed by atoms with Gasteiger partial charge in [-0.15, -0.1) is 0 Å². The maximum Gasteiger partial charge on any atom is 0.130 e. The fourth-order valence-corrected chi connectivity index (χ4v) is 1.74. The first-order valence-electron chi connectivity index (χ1n) is 6.33. The Morgan fingerprint density at radius 1 is 1.35 bits per heavy atom. The lowest BCUT2D eigenvalue weighted by atomic mass is 9.95. The highest BCUT2D eigenvalue weighted by Gasteiger charge is 2.21. The lowest BCUT2D eigenvalue weighted by Crippen LogP contribution is -2.35. The van der Waals surface area contributed by atoms with Gasteiger partial charge in [0.05, 0.1) is 0 Å². The highest BCUT2D eigenvalue weighted by molar-refractivity contribution is 5.37. The molecular weight excluding hydrogens is 214 g/mol. The molecule has 0 radical (unpaired) electrons. The van der Waals surface area contributed by atoms with E-state index in [4.69, 9.17) is 5.11 Å². The van der Waals surface area contributed by atoms with Gasteiger partial charge in [0.2, 0.25) is 0 Å². The summed E-state index contributed by atoms with van der Waals surface area (Å²) in [6.45, 7) is 6.53. The Morgan fingerprint density at radius 3 is 2.71 bits per heavy atom. The Hall–Kier alpha value is -1.16. The van der Waals surface area contributed by atoms with E-state index in [0.717, 1.165) is 37.2 Å². The van der Waals surface area contributed by atoms with Crippen molar-refractivity contribution in [3.05, 3.63) is 18.1 Å². The first kappa shape index (κ1) is 13.9. The van der Waals surface area contributed by atoms with E-state index in [1.54, 1.807) is 6.33 Å². The van der Waals surface area contributed by atoms with Gasteiger partial charge in [0.25, 0.3) is 0 Å². The molecule has 0 aliphatic heterocycles. The molecule has 0 aliphatic carbocycles. The van der Waals surface area contributed by atoms with Crippen molar-refractivity contribution in [1.29, 1.82) is 0 Å². The van der Waals surface area contributed by atoms with Crippen LogP contribution in [-0.4, -0.2) is 27.2 Å². The molecule has 4 nitrogen and oxygen atoms in total. The molecule has 0 saturated carbocycles. The topological polar surface area (TPSA) is 58.0 Å². The fourth-order valence-electron chi connectivity index (χ4n) is 1.74. The molecule has 1 unspecified atom stereocenters. The zero-order valence-electron chi connectivity index (χ0n) is 11.0. The number of anilines is 1. The predicted molar refractivity (Wildman–Crippen MR) is 70.0 cm³/mol. The molecule has 0 aromatic carbocycles. The Bertz CT molecular complexity index is 343. The van der Waals surface area contributed by atoms with Crippen molar-refractivity contribution in [2.45, 2.75) is 52.0 Å². The molecule has 0 fully saturated rings. The van der Waals surface area contributed by atoms with Crippen LogP contribution in [0.5, 0.6) is 0 Å². The number of aliphatic hydroxyl groups is 1. The van der Waals surface area contributed by atoms with Crippen LogP contribution in [0.1, 0.15) is 45.7 Å². The summed E-state index contributed by atoms with van der Waals surface area (Å²) in [5.41, 5.74) is 0.958. The van der Waals surface area contributed by atoms with E-state index in [2.05, 4.69) is 36.1 Å². The summed E-state index contributed by atoms with van der Waals surface area (Å²) in [5, 5.41) is 12.5. The maximum atomic E-state index is 9.08. The molecule has 0 amide bonds. The summed E-state index contributed by atoms with van der Waals surface area (Å²) in [7, 11) is 0. The average Bonchev–Trinajstić information content (AvgIpc) is 2.30. The van der Waals surface area contributed by atoms with Gasteiger partial charge in [-0.25, -0.2) is 9.97 Å². The highest BCUT2D eigenvalue weighted by atomic mass is 16.3. The van der Waals surface area contributed by atoms with Crippen molar-refractivity contribution < 1.29 is 5.11 Å². The third-order valence-corrected chi connectivity index (χ3v) is 3.10. The van der Waals surface area contributed by atoms with Crippen LogP contribution in [0.4, 0.5) is 5.82 Å². The van der Waals surface area contributed by atoms with E-state index >= 15 is 0 Å². The van der Waals surface area contributed by atoms with Crippen LogP contribution in [0, 0.1) is 0 Å². The molecule has 1 rings (SSSR count). The third-order valence-electron chi connectivity index (χ3n) is 3.10. The molecule has 4 heteroatoms. The number of hydrogen-bond donors (Lipinski definition) is 2. The van der Waals surface area contributed by atoms with Crippen molar-refractivity contribution in [1.82, 2.24) is 9.97 Å². The molecule has 1 atom stereocenters. The first-order valence-corrected chi connectivity index (χ1v) is 6.33. The zero-order valence-corrected chi connectivity index (χ0v) is 11.0. The minimum absolute atomic E-state index is 0.105. The number of rotatable bonds is 7. The van der Waals surface area contributed by atoms with Crippen molar-refractivity contribution >= 4 is 5.82 Å². The molecule has 0 aliphatic rings. The van der Waals surface area contributed by atoms with Gasteiger partial charge in [-0.3, -0.25) is 0 Å². The Kier molecular flexibility index (Phi) is 5.35. The molecule has 0 spiro atoms. The summed E-state index contributed by atoms with van der Waals surface area (Å²) in [6.07, 6.45) is 5.32. The molecule has 17 heavy (non-hydrogen) atoms. The predicted octanol–water partition coefficient (Wildman–Crippen LogP) is 2.39. The van der Waals surface area contributed by atoms with Gasteiger partial charge in [0.15, 0.2) is 0 Å². The Labute approximate surface area is 103 Å². The second-order valence-electron chi connectivity index (χ2n) is 4.66. The van der Waals surface area contributed by atoms with Crippen molar-refractivity contribution in [3.63, 3.8) is 0 Å². The largest absolute Gasteiger partial charge is 0.396 e. The molecule has 1 aromatic rings. The van der Waals surface area contributed by atoms with Gasteiger partial charge in [0.1, 0.15) is 12.1 Å². The van der Waals surface area contributed by atoms with Gasteiger partial charge < -0.3 is 10.4 Å². The fraction of sp³-hybridized carbons (Fsp3) is 0.692. The van der Waals surface area contributed by atoms with E-state index in [0.29, 0.717) is 0 Å². The number of aliphatic hydroxyl groups excluding tert-OH is 1. The van der Waals surface area contributed by atoms with Crippen molar-refractivity contribution in [3.8, 4) is 0 Å². The summed E-state index contributed by atoms with van der Waals surface area (Å²) in [6, 6.07) is 1.99. The number of nitrogens with zero attached hydrogens (tertiary/aromatic N) is 2. The second kappa shape index (κ2) is 6.55. The first-order chi connectivity index (χ1) is 8.13. The van der Waals surface area contributed by atoms with Crippen LogP contribution < -0.4 is 5.32 Å². The summed E-state index contributed by atoms with van der Waals surface area (Å²) >= 11 is 0. The maximum absolute atomic E-state index is 9.08. The number of aromatic nitrogens is 2. The van der Waals surface area contributed by atoms with E-state index in [-0.39, 0.29) is 12.1 Å². The normalized spacial score (nSPS) is 14.4. The van der Waals surface area contributed by atoms with Crippen LogP contribution in [0.2, 0.25) is 0 Å². The quantitative estimate of drug-likeness (QED) is 0.764. The van der Waals surface area contributed by atoms with Gasteiger partial charge in [-0.2, -0.15) is 0 Å². The standard InChI is InChI=1S/C13H23N3O/c1-4-6-11-9-12(15-10-14-11)16-13(3,5-2)7-8-17/h9-10,17H,4-8H2,1-3H3,(H,14,15,16). The average molecular weight is 237 g/mol. The molecule has 0 bridgehead atoms. The Balaban J connectivity index is 2.75. The molecule has 0 saturated heterocycles. The smallest absolute Gasteiger partial charge is 0.130 e. The van der Waals surface area contributed by atoms with Crippen LogP contribution in [0.3, 0.4) is 0 Å². The number of hydrogen-bond acceptors (Lipinski definition) is 4. The zero-order chi connectivity index (χ0) is 12.7. The van der Waals surface area contributed by atoms with E-state index in [1.807, 2.05) is 6.07 Å². The van der Waals surface area contributed by atoms with Crippen LogP contribution in [0.15, 0.2) is 12.4 Å². The number of aryl methyl sites for hydroxylation is 1. The van der Waals surface area contributed by atoms with Gasteiger partial charge in [-0.1, -0.05) is 20.3 Å². The SMILES string of the molecule is CCCc1cc(NC(C)(CC)CCO)ncn1. The summed E-state index contributed by atoms with van der Waals surface area (Å²) < 4.78 is 0. The van der Waals surface area contributed by atoms with Crippen molar-refractivity contribution in [2.24, 2.45) is 0 Å². The second-order valence-corrected chi connectivity index (χ2v) is 4.66. The summed E-state index contributed by atoms with van der Waals surface area (Å²) in [4.78, 5) is 8.46. The molecule has 1 heterocycles. The van der Waals surface area contributed by atoms with Gasteiger partial charge >= 0.3 is 0 Å². The van der Waals surface area contributed by atoms with Crippen molar-refractivity contribution in [2.75, 3.05) is 11.9 Å². The lowest BCUT2D eigenvalue weighted by Gasteiger charge is -2.29. The molecule has 1 aromatic heterocycles. The molecule has 2 N–H and O–H groups in total. The molecular formula is C13H23N3O. The van der Waals surface area contributed by atoms with Gasteiger partial charge in [0, 0.05) is 23.9 Å². The minimum Gasteiger partial charge on any atom is -0.396 e. The van der Waals surface area contributed by atoms with Gasteiger partial charge in [-0.05, 0) is 26.2 Å². The number of nitrogens with one attached hydrogen (secondary N) is 1. The van der Waals surface area contributed by atoms with E-state index in [9.17, 15) is 0 Å². The van der Waals surface area contributed by atoms with E-state index in [1.165, 1.54) is 0 Å². The Morgan fingerprint density at radius 2 is 2.12 bits per heavy atom. The third kappa shape index (κ3) is 4.30. The molecule has 96 valence electrons. The minimum atomic E-state index is -0.105. The van der Waals surface area contributed by atoms with E-state index < -0.39 is 0 Å². The monoisotopic (exact) mass is 237 g/mol. The highest BCUT2D eigenvalue weighted by Crippen LogP contribution is 2.20. The van der Waals surface area contributed by atoms with Crippen LogP contribution in [0.25, 0.3) is 0 Å². The van der Waals surface area contributed by atoms with Crippen LogP contribution in [-0.2, 0) is 6.42 Å². The summed E-state index contributed by atoms with van der Waals surface area (Å²) in [5.74, 6) is 0.848. The lowest BCUT2D eigenvalue weighted by molar-refractivity contribution is 0.252. The van der Waals surface area contributed by atoms with Crippen LogP contribution >= 0.6 is 0 Å².